The van der Waals surface area contributed by atoms with Crippen molar-refractivity contribution in [1.82, 2.24) is 9.55 Å². The minimum atomic E-state index is -0.619. The third-order valence-electron chi connectivity index (χ3n) is 3.93. The molecule has 1 aliphatic rings. The third kappa shape index (κ3) is 2.48. The number of hydrogen-bond acceptors (Lipinski definition) is 6. The first-order chi connectivity index (χ1) is 11.6. The summed E-state index contributed by atoms with van der Waals surface area (Å²) in [6, 6.07) is 7.01. The Bertz CT molecular complexity index is 1020. The van der Waals surface area contributed by atoms with Crippen LogP contribution in [0, 0.1) is 6.92 Å². The van der Waals surface area contributed by atoms with Gasteiger partial charge in [-0.1, -0.05) is 0 Å². The Morgan fingerprint density at radius 3 is 3.08 bits per heavy atom. The van der Waals surface area contributed by atoms with Crippen LogP contribution in [0.4, 0.5) is 5.69 Å². The molecule has 0 radical (unpaired) electrons. The molecule has 0 unspecified atom stereocenters. The summed E-state index contributed by atoms with van der Waals surface area (Å²) >= 11 is 0. The van der Waals surface area contributed by atoms with E-state index in [1.54, 1.807) is 6.92 Å². The molecule has 7 heteroatoms. The number of imidazole rings is 1. The Labute approximate surface area is 136 Å². The number of rotatable bonds is 2. The number of nitrogens with zero attached hydrogens (tertiary/aromatic N) is 3. The first kappa shape index (κ1) is 14.6. The predicted molar refractivity (Wildman–Crippen MR) is 88.0 cm³/mol. The quantitative estimate of drug-likeness (QED) is 0.730. The minimum Gasteiger partial charge on any atom is -0.507 e. The maximum atomic E-state index is 11.8. The van der Waals surface area contributed by atoms with E-state index in [0.717, 1.165) is 23.4 Å². The number of benzene rings is 1. The number of fused-ring (bicyclic) bond motifs is 3. The van der Waals surface area contributed by atoms with Crippen molar-refractivity contribution < 1.29 is 14.3 Å². The van der Waals surface area contributed by atoms with Gasteiger partial charge in [0, 0.05) is 18.8 Å². The Morgan fingerprint density at radius 1 is 1.38 bits per heavy atom. The largest absolute Gasteiger partial charge is 0.507 e. The zero-order chi connectivity index (χ0) is 16.7. The van der Waals surface area contributed by atoms with E-state index >= 15 is 0 Å². The fourth-order valence-corrected chi connectivity index (χ4v) is 2.79. The van der Waals surface area contributed by atoms with E-state index in [2.05, 4.69) is 14.5 Å². The van der Waals surface area contributed by atoms with Crippen molar-refractivity contribution in [2.75, 3.05) is 6.61 Å². The van der Waals surface area contributed by atoms with Crippen LogP contribution in [-0.2, 0) is 17.9 Å². The molecule has 2 aromatic heterocycles. The van der Waals surface area contributed by atoms with Crippen LogP contribution in [0.15, 0.2) is 38.5 Å². The summed E-state index contributed by atoms with van der Waals surface area (Å²) in [5.74, 6) is 1.10. The fourth-order valence-electron chi connectivity index (χ4n) is 2.79. The van der Waals surface area contributed by atoms with Crippen molar-refractivity contribution in [2.45, 2.75) is 20.1 Å². The van der Waals surface area contributed by atoms with Crippen LogP contribution in [0.2, 0.25) is 0 Å². The zero-order valence-corrected chi connectivity index (χ0v) is 13.0. The molecule has 1 aliphatic heterocycles. The molecule has 0 spiro atoms. The van der Waals surface area contributed by atoms with E-state index in [-0.39, 0.29) is 11.3 Å². The van der Waals surface area contributed by atoms with Gasteiger partial charge in [-0.05, 0) is 25.1 Å². The number of aliphatic imine (C=N–C) groups is 1. The molecule has 0 aliphatic carbocycles. The highest BCUT2D eigenvalue weighted by atomic mass is 16.5. The molecule has 0 amide bonds. The standard InChI is InChI=1S/C17H15N3O4/c1-10-6-15(21)12(17(22)24-10)8-18-11-2-3-14-13(7-11)19-16-9-23-5-4-20(14)16/h2-3,6-8,21H,4-5,9H2,1H3. The van der Waals surface area contributed by atoms with Gasteiger partial charge in [-0.3, -0.25) is 4.99 Å². The van der Waals surface area contributed by atoms with Gasteiger partial charge < -0.3 is 18.8 Å². The predicted octanol–water partition coefficient (Wildman–Crippen LogP) is 2.28. The molecule has 4 rings (SSSR count). The van der Waals surface area contributed by atoms with Crippen molar-refractivity contribution in [2.24, 2.45) is 4.99 Å². The summed E-state index contributed by atoms with van der Waals surface area (Å²) in [7, 11) is 0. The Hall–Kier alpha value is -2.93. The number of ether oxygens (including phenoxy) is 1. The molecule has 1 N–H and O–H groups in total. The molecule has 0 bridgehead atoms. The maximum Gasteiger partial charge on any atom is 0.348 e. The average Bonchev–Trinajstić information content (AvgIpc) is 2.91. The summed E-state index contributed by atoms with van der Waals surface area (Å²) in [5, 5.41) is 9.85. The van der Waals surface area contributed by atoms with Gasteiger partial charge in [0.2, 0.25) is 0 Å². The fraction of sp³-hybridized carbons (Fsp3) is 0.235. The maximum absolute atomic E-state index is 11.8. The third-order valence-corrected chi connectivity index (χ3v) is 3.93. The van der Waals surface area contributed by atoms with E-state index in [4.69, 9.17) is 9.15 Å². The van der Waals surface area contributed by atoms with Crippen molar-refractivity contribution in [3.05, 3.63) is 51.8 Å². The monoisotopic (exact) mass is 325 g/mol. The molecule has 122 valence electrons. The van der Waals surface area contributed by atoms with E-state index in [1.165, 1.54) is 12.3 Å². The van der Waals surface area contributed by atoms with Crippen LogP contribution in [0.25, 0.3) is 11.0 Å². The van der Waals surface area contributed by atoms with Gasteiger partial charge in [-0.2, -0.15) is 0 Å². The van der Waals surface area contributed by atoms with E-state index < -0.39 is 5.63 Å². The van der Waals surface area contributed by atoms with E-state index in [1.807, 2.05) is 18.2 Å². The molecule has 3 aromatic rings. The topological polar surface area (TPSA) is 89.9 Å². The van der Waals surface area contributed by atoms with Gasteiger partial charge in [-0.15, -0.1) is 0 Å². The summed E-state index contributed by atoms with van der Waals surface area (Å²) < 4.78 is 12.5. The van der Waals surface area contributed by atoms with E-state index in [9.17, 15) is 9.90 Å². The smallest absolute Gasteiger partial charge is 0.348 e. The van der Waals surface area contributed by atoms with Gasteiger partial charge in [0.1, 0.15) is 29.5 Å². The normalized spacial score (nSPS) is 14.4. The second-order valence-corrected chi connectivity index (χ2v) is 5.61. The lowest BCUT2D eigenvalue weighted by Gasteiger charge is -2.14. The lowest BCUT2D eigenvalue weighted by atomic mass is 10.2. The van der Waals surface area contributed by atoms with Crippen LogP contribution in [0.1, 0.15) is 17.1 Å². The molecule has 7 nitrogen and oxygen atoms in total. The van der Waals surface area contributed by atoms with Crippen LogP contribution >= 0.6 is 0 Å². The molecular weight excluding hydrogens is 310 g/mol. The molecule has 0 atom stereocenters. The Morgan fingerprint density at radius 2 is 2.25 bits per heavy atom. The second kappa shape index (κ2) is 5.61. The van der Waals surface area contributed by atoms with Crippen LogP contribution in [0.3, 0.4) is 0 Å². The van der Waals surface area contributed by atoms with Crippen LogP contribution in [0.5, 0.6) is 5.75 Å². The molecule has 3 heterocycles. The Kier molecular flexibility index (Phi) is 3.42. The summed E-state index contributed by atoms with van der Waals surface area (Å²) in [5.41, 5.74) is 1.90. The number of aromatic nitrogens is 2. The first-order valence-corrected chi connectivity index (χ1v) is 7.56. The Balaban J connectivity index is 1.71. The van der Waals surface area contributed by atoms with E-state index in [0.29, 0.717) is 24.7 Å². The molecule has 1 aromatic carbocycles. The van der Waals surface area contributed by atoms with Crippen molar-refractivity contribution >= 4 is 22.9 Å². The highest BCUT2D eigenvalue weighted by molar-refractivity contribution is 5.86. The minimum absolute atomic E-state index is 0.0261. The highest BCUT2D eigenvalue weighted by Crippen LogP contribution is 2.24. The van der Waals surface area contributed by atoms with Crippen LogP contribution < -0.4 is 5.63 Å². The van der Waals surface area contributed by atoms with Crippen LogP contribution in [-0.4, -0.2) is 27.5 Å². The first-order valence-electron chi connectivity index (χ1n) is 7.56. The molecule has 0 saturated carbocycles. The second-order valence-electron chi connectivity index (χ2n) is 5.61. The zero-order valence-electron chi connectivity index (χ0n) is 13.0. The molecule has 24 heavy (non-hydrogen) atoms. The number of aryl methyl sites for hydroxylation is 1. The number of hydrogen-bond donors (Lipinski definition) is 1. The van der Waals surface area contributed by atoms with Crippen molar-refractivity contribution in [1.29, 1.82) is 0 Å². The summed E-state index contributed by atoms with van der Waals surface area (Å²) in [6.07, 6.45) is 1.31. The molecule has 0 fully saturated rings. The van der Waals surface area contributed by atoms with Crippen molar-refractivity contribution in [3.8, 4) is 5.75 Å². The molecule has 0 saturated heterocycles. The highest BCUT2D eigenvalue weighted by Gasteiger charge is 2.15. The van der Waals surface area contributed by atoms with Crippen molar-refractivity contribution in [3.63, 3.8) is 0 Å². The average molecular weight is 325 g/mol. The lowest BCUT2D eigenvalue weighted by molar-refractivity contribution is 0.0830. The van der Waals surface area contributed by atoms with Gasteiger partial charge >= 0.3 is 5.63 Å². The SMILES string of the molecule is Cc1cc(O)c(C=Nc2ccc3c(c2)nc2n3CCOC2)c(=O)o1. The number of aromatic hydroxyl groups is 1. The summed E-state index contributed by atoms with van der Waals surface area (Å²) in [6.45, 7) is 3.57. The summed E-state index contributed by atoms with van der Waals surface area (Å²) in [4.78, 5) is 20.6. The van der Waals surface area contributed by atoms with Gasteiger partial charge in [0.25, 0.3) is 0 Å². The van der Waals surface area contributed by atoms with Gasteiger partial charge in [0.15, 0.2) is 0 Å². The van der Waals surface area contributed by atoms with Gasteiger partial charge in [0.05, 0.1) is 23.3 Å². The van der Waals surface area contributed by atoms with Gasteiger partial charge in [-0.25, -0.2) is 9.78 Å². The lowest BCUT2D eigenvalue weighted by Crippen LogP contribution is -2.16. The molecular formula is C17H15N3O4.